The van der Waals surface area contributed by atoms with Crippen molar-refractivity contribution in [2.75, 3.05) is 13.7 Å². The minimum atomic E-state index is 0.0684. The van der Waals surface area contributed by atoms with Crippen molar-refractivity contribution < 1.29 is 4.74 Å². The number of nitrogens with two attached hydrogens (primary N) is 1. The highest BCUT2D eigenvalue weighted by Gasteiger charge is 2.21. The molecule has 0 spiro atoms. The van der Waals surface area contributed by atoms with E-state index >= 15 is 0 Å². The summed E-state index contributed by atoms with van der Waals surface area (Å²) in [5, 5.41) is 3.47. The molecule has 17 heavy (non-hydrogen) atoms. The van der Waals surface area contributed by atoms with E-state index in [4.69, 9.17) is 10.5 Å². The first-order valence-electron chi connectivity index (χ1n) is 6.26. The molecule has 3 N–H and O–H groups in total. The van der Waals surface area contributed by atoms with Gasteiger partial charge in [0.15, 0.2) is 0 Å². The zero-order valence-corrected chi connectivity index (χ0v) is 10.9. The summed E-state index contributed by atoms with van der Waals surface area (Å²) in [5.41, 5.74) is 9.70. The molecule has 0 bridgehead atoms. The molecule has 3 heteroatoms. The highest BCUT2D eigenvalue weighted by atomic mass is 16.5. The molecule has 3 nitrogen and oxygen atoms in total. The van der Waals surface area contributed by atoms with Gasteiger partial charge in [0.25, 0.3) is 0 Å². The smallest absolute Gasteiger partial charge is 0.124 e. The summed E-state index contributed by atoms with van der Waals surface area (Å²) in [7, 11) is 1.71. The molecule has 0 amide bonds. The molecule has 1 aromatic rings. The lowest BCUT2D eigenvalue weighted by atomic mass is 10.0. The van der Waals surface area contributed by atoms with Gasteiger partial charge in [-0.15, -0.1) is 0 Å². The SMILES string of the molecule is COc1c(C)cc(C(N)CNC2CC2)cc1C. The van der Waals surface area contributed by atoms with Crippen LogP contribution < -0.4 is 15.8 Å². The predicted molar refractivity (Wildman–Crippen MR) is 70.4 cm³/mol. The van der Waals surface area contributed by atoms with Crippen LogP contribution in [0.4, 0.5) is 0 Å². The Morgan fingerprint density at radius 1 is 1.35 bits per heavy atom. The summed E-state index contributed by atoms with van der Waals surface area (Å²) < 4.78 is 5.36. The highest BCUT2D eigenvalue weighted by molar-refractivity contribution is 5.44. The Hall–Kier alpha value is -1.06. The Balaban J connectivity index is 2.08. The molecule has 94 valence electrons. The molecule has 1 aliphatic carbocycles. The molecule has 0 saturated heterocycles. The Labute approximate surface area is 103 Å². The van der Waals surface area contributed by atoms with E-state index < -0.39 is 0 Å². The molecular formula is C14H22N2O. The molecule has 2 rings (SSSR count). The largest absolute Gasteiger partial charge is 0.496 e. The zero-order valence-electron chi connectivity index (χ0n) is 10.9. The maximum atomic E-state index is 6.20. The lowest BCUT2D eigenvalue weighted by Gasteiger charge is -2.16. The third kappa shape index (κ3) is 2.99. The van der Waals surface area contributed by atoms with Gasteiger partial charge in [-0.1, -0.05) is 12.1 Å². The average molecular weight is 234 g/mol. The molecule has 0 aromatic heterocycles. The summed E-state index contributed by atoms with van der Waals surface area (Å²) in [6.07, 6.45) is 2.60. The number of hydrogen-bond acceptors (Lipinski definition) is 3. The molecule has 0 radical (unpaired) electrons. The Kier molecular flexibility index (Phi) is 3.69. The van der Waals surface area contributed by atoms with Crippen LogP contribution in [-0.2, 0) is 0 Å². The summed E-state index contributed by atoms with van der Waals surface area (Å²) in [5.74, 6) is 0.969. The van der Waals surface area contributed by atoms with Crippen molar-refractivity contribution in [2.45, 2.75) is 38.8 Å². The van der Waals surface area contributed by atoms with Crippen LogP contribution >= 0.6 is 0 Å². The van der Waals surface area contributed by atoms with Gasteiger partial charge in [-0.05, 0) is 43.4 Å². The Morgan fingerprint density at radius 2 is 1.94 bits per heavy atom. The lowest BCUT2D eigenvalue weighted by Crippen LogP contribution is -2.28. The fourth-order valence-electron chi connectivity index (χ4n) is 2.22. The summed E-state index contributed by atoms with van der Waals surface area (Å²) in [4.78, 5) is 0. The van der Waals surface area contributed by atoms with Crippen molar-refractivity contribution in [3.05, 3.63) is 28.8 Å². The summed E-state index contributed by atoms with van der Waals surface area (Å²) in [6.45, 7) is 4.99. The maximum Gasteiger partial charge on any atom is 0.124 e. The van der Waals surface area contributed by atoms with Gasteiger partial charge in [-0.25, -0.2) is 0 Å². The van der Waals surface area contributed by atoms with Crippen LogP contribution in [-0.4, -0.2) is 19.7 Å². The topological polar surface area (TPSA) is 47.3 Å². The summed E-state index contributed by atoms with van der Waals surface area (Å²) in [6, 6.07) is 5.04. The van der Waals surface area contributed by atoms with Gasteiger partial charge in [-0.3, -0.25) is 0 Å². The van der Waals surface area contributed by atoms with Gasteiger partial charge in [0.2, 0.25) is 0 Å². The minimum absolute atomic E-state index is 0.0684. The van der Waals surface area contributed by atoms with E-state index in [1.807, 2.05) is 0 Å². The molecule has 1 saturated carbocycles. The van der Waals surface area contributed by atoms with Gasteiger partial charge < -0.3 is 15.8 Å². The molecule has 1 aliphatic rings. The van der Waals surface area contributed by atoms with E-state index in [-0.39, 0.29) is 6.04 Å². The van der Waals surface area contributed by atoms with Crippen LogP contribution in [0.15, 0.2) is 12.1 Å². The molecule has 1 aromatic carbocycles. The van der Waals surface area contributed by atoms with Crippen LogP contribution in [0, 0.1) is 13.8 Å². The first-order chi connectivity index (χ1) is 8.11. The van der Waals surface area contributed by atoms with Crippen molar-refractivity contribution >= 4 is 0 Å². The first kappa shape index (κ1) is 12.4. The van der Waals surface area contributed by atoms with Crippen LogP contribution in [0.25, 0.3) is 0 Å². The number of benzene rings is 1. The maximum absolute atomic E-state index is 6.20. The van der Waals surface area contributed by atoms with Gasteiger partial charge >= 0.3 is 0 Å². The Morgan fingerprint density at radius 3 is 2.41 bits per heavy atom. The van der Waals surface area contributed by atoms with E-state index in [2.05, 4.69) is 31.3 Å². The van der Waals surface area contributed by atoms with Gasteiger partial charge in [0, 0.05) is 18.6 Å². The van der Waals surface area contributed by atoms with Gasteiger partial charge in [0.1, 0.15) is 5.75 Å². The van der Waals surface area contributed by atoms with Crippen molar-refractivity contribution in [1.29, 1.82) is 0 Å². The van der Waals surface area contributed by atoms with E-state index in [1.165, 1.54) is 18.4 Å². The minimum Gasteiger partial charge on any atom is -0.496 e. The monoisotopic (exact) mass is 234 g/mol. The van der Waals surface area contributed by atoms with E-state index in [0.29, 0.717) is 6.04 Å². The number of methoxy groups -OCH3 is 1. The standard InChI is InChI=1S/C14H22N2O/c1-9-6-11(7-10(2)14(9)17-3)13(15)8-16-12-4-5-12/h6-7,12-13,16H,4-5,8,15H2,1-3H3. The van der Waals surface area contributed by atoms with Gasteiger partial charge in [-0.2, -0.15) is 0 Å². The number of hydrogen-bond donors (Lipinski definition) is 2. The molecule has 0 heterocycles. The number of nitrogens with one attached hydrogen (secondary N) is 1. The predicted octanol–water partition coefficient (Wildman–Crippen LogP) is 2.06. The second-order valence-electron chi connectivity index (χ2n) is 4.98. The fourth-order valence-corrected chi connectivity index (χ4v) is 2.22. The van der Waals surface area contributed by atoms with Crippen molar-refractivity contribution in [3.63, 3.8) is 0 Å². The lowest BCUT2D eigenvalue weighted by molar-refractivity contribution is 0.408. The average Bonchev–Trinajstić information content (AvgIpc) is 3.09. The molecule has 1 unspecified atom stereocenters. The van der Waals surface area contributed by atoms with Crippen LogP contribution in [0.5, 0.6) is 5.75 Å². The van der Waals surface area contributed by atoms with Gasteiger partial charge in [0.05, 0.1) is 7.11 Å². The Bertz CT molecular complexity index is 376. The molecular weight excluding hydrogens is 212 g/mol. The molecule has 1 atom stereocenters. The van der Waals surface area contributed by atoms with Crippen molar-refractivity contribution in [2.24, 2.45) is 5.73 Å². The van der Waals surface area contributed by atoms with E-state index in [0.717, 1.165) is 23.4 Å². The van der Waals surface area contributed by atoms with Crippen molar-refractivity contribution in [1.82, 2.24) is 5.32 Å². The number of rotatable bonds is 5. The van der Waals surface area contributed by atoms with Crippen LogP contribution in [0.3, 0.4) is 0 Å². The quantitative estimate of drug-likeness (QED) is 0.820. The van der Waals surface area contributed by atoms with Crippen LogP contribution in [0.1, 0.15) is 35.6 Å². The third-order valence-corrected chi connectivity index (χ3v) is 3.32. The number of aryl methyl sites for hydroxylation is 2. The zero-order chi connectivity index (χ0) is 12.4. The number of ether oxygens (including phenoxy) is 1. The first-order valence-corrected chi connectivity index (χ1v) is 6.26. The van der Waals surface area contributed by atoms with E-state index in [9.17, 15) is 0 Å². The third-order valence-electron chi connectivity index (χ3n) is 3.32. The van der Waals surface area contributed by atoms with Crippen molar-refractivity contribution in [3.8, 4) is 5.75 Å². The second kappa shape index (κ2) is 5.07. The second-order valence-corrected chi connectivity index (χ2v) is 4.98. The normalized spacial score (nSPS) is 16.9. The fraction of sp³-hybridized carbons (Fsp3) is 0.571. The molecule has 0 aliphatic heterocycles. The highest BCUT2D eigenvalue weighted by Crippen LogP contribution is 2.27. The van der Waals surface area contributed by atoms with E-state index in [1.54, 1.807) is 7.11 Å². The molecule has 1 fully saturated rings. The van der Waals surface area contributed by atoms with Crippen LogP contribution in [0.2, 0.25) is 0 Å². The summed E-state index contributed by atoms with van der Waals surface area (Å²) >= 11 is 0.